The summed E-state index contributed by atoms with van der Waals surface area (Å²) in [7, 11) is 0. The van der Waals surface area contributed by atoms with Crippen LogP contribution in [0.15, 0.2) is 0 Å². The van der Waals surface area contributed by atoms with Gasteiger partial charge in [0, 0.05) is 19.0 Å². The lowest BCUT2D eigenvalue weighted by atomic mass is 10.1. The van der Waals surface area contributed by atoms with E-state index in [2.05, 4.69) is 10.6 Å². The van der Waals surface area contributed by atoms with Gasteiger partial charge in [-0.25, -0.2) is 0 Å². The van der Waals surface area contributed by atoms with Crippen LogP contribution < -0.4 is 10.6 Å². The third-order valence-corrected chi connectivity index (χ3v) is 3.26. The molecule has 1 aliphatic carbocycles. The molecule has 3 N–H and O–H groups in total. The first-order chi connectivity index (χ1) is 7.66. The number of amides is 1. The molecule has 90 valence electrons. The number of nitrogens with one attached hydrogen (secondary N) is 2. The van der Waals surface area contributed by atoms with Gasteiger partial charge >= 0.3 is 5.97 Å². The van der Waals surface area contributed by atoms with Gasteiger partial charge in [-0.05, 0) is 31.6 Å². The van der Waals surface area contributed by atoms with E-state index in [0.29, 0.717) is 13.0 Å². The Bertz CT molecular complexity index is 289. The van der Waals surface area contributed by atoms with E-state index in [1.54, 1.807) is 0 Å². The average molecular weight is 226 g/mol. The summed E-state index contributed by atoms with van der Waals surface area (Å²) < 4.78 is 0. The van der Waals surface area contributed by atoms with Crippen LogP contribution in [0, 0.1) is 5.92 Å². The molecule has 0 aromatic heterocycles. The van der Waals surface area contributed by atoms with Crippen molar-refractivity contribution in [3.05, 3.63) is 0 Å². The first-order valence-electron chi connectivity index (χ1n) is 5.92. The van der Waals surface area contributed by atoms with E-state index in [9.17, 15) is 9.59 Å². The van der Waals surface area contributed by atoms with Gasteiger partial charge in [-0.2, -0.15) is 0 Å². The normalized spacial score (nSPS) is 28.0. The minimum Gasteiger partial charge on any atom is -0.480 e. The van der Waals surface area contributed by atoms with Crippen LogP contribution in [0.5, 0.6) is 0 Å². The Morgan fingerprint density at radius 1 is 1.44 bits per heavy atom. The zero-order chi connectivity index (χ0) is 11.5. The van der Waals surface area contributed by atoms with Crippen molar-refractivity contribution in [3.63, 3.8) is 0 Å². The molecule has 16 heavy (non-hydrogen) atoms. The molecular formula is C11H18N2O3. The van der Waals surface area contributed by atoms with Crippen LogP contribution in [-0.2, 0) is 9.59 Å². The monoisotopic (exact) mass is 226 g/mol. The van der Waals surface area contributed by atoms with Crippen LogP contribution in [0.4, 0.5) is 0 Å². The van der Waals surface area contributed by atoms with Crippen LogP contribution in [0.2, 0.25) is 0 Å². The fourth-order valence-electron chi connectivity index (χ4n) is 2.21. The molecule has 5 nitrogen and oxygen atoms in total. The third-order valence-electron chi connectivity index (χ3n) is 3.26. The van der Waals surface area contributed by atoms with Crippen LogP contribution in [0.25, 0.3) is 0 Å². The highest BCUT2D eigenvalue weighted by Crippen LogP contribution is 2.33. The van der Waals surface area contributed by atoms with E-state index in [4.69, 9.17) is 5.11 Å². The lowest BCUT2D eigenvalue weighted by Gasteiger charge is -2.20. The minimum atomic E-state index is -0.785. The first kappa shape index (κ1) is 11.4. The van der Waals surface area contributed by atoms with Gasteiger partial charge in [-0.15, -0.1) is 0 Å². The minimum absolute atomic E-state index is 0.0178. The summed E-state index contributed by atoms with van der Waals surface area (Å²) in [5, 5.41) is 15.0. The maximum atomic E-state index is 11.3. The van der Waals surface area contributed by atoms with Gasteiger partial charge in [0.1, 0.15) is 6.04 Å². The molecule has 1 aliphatic heterocycles. The third kappa shape index (κ3) is 2.95. The first-order valence-corrected chi connectivity index (χ1v) is 5.92. The van der Waals surface area contributed by atoms with Crippen molar-refractivity contribution in [2.24, 2.45) is 5.92 Å². The van der Waals surface area contributed by atoms with Crippen molar-refractivity contribution in [2.75, 3.05) is 6.54 Å². The maximum absolute atomic E-state index is 11.3. The van der Waals surface area contributed by atoms with Crippen molar-refractivity contribution < 1.29 is 14.7 Å². The summed E-state index contributed by atoms with van der Waals surface area (Å²) in [5.41, 5.74) is 0. The van der Waals surface area contributed by atoms with Gasteiger partial charge in [0.05, 0.1) is 0 Å². The SMILES string of the molecule is O=C1CC(NC(C(=O)O)C2CC2)CCCN1. The fourth-order valence-corrected chi connectivity index (χ4v) is 2.21. The Hall–Kier alpha value is -1.10. The highest BCUT2D eigenvalue weighted by molar-refractivity contribution is 5.77. The molecule has 0 aromatic rings. The molecule has 5 heteroatoms. The molecule has 2 rings (SSSR count). The Morgan fingerprint density at radius 3 is 2.81 bits per heavy atom. The molecule has 1 amide bonds. The average Bonchev–Trinajstić information content (AvgIpc) is 3.01. The molecular weight excluding hydrogens is 208 g/mol. The molecule has 2 aliphatic rings. The van der Waals surface area contributed by atoms with Crippen molar-refractivity contribution in [1.82, 2.24) is 10.6 Å². The zero-order valence-corrected chi connectivity index (χ0v) is 9.24. The number of carbonyl (C=O) groups is 2. The Kier molecular flexibility index (Phi) is 3.43. The lowest BCUT2D eigenvalue weighted by molar-refractivity contribution is -0.140. The number of carboxylic acids is 1. The topological polar surface area (TPSA) is 78.4 Å². The molecule has 1 heterocycles. The van der Waals surface area contributed by atoms with E-state index in [0.717, 1.165) is 25.7 Å². The van der Waals surface area contributed by atoms with Gasteiger partial charge in [0.25, 0.3) is 0 Å². The molecule has 1 saturated carbocycles. The summed E-state index contributed by atoms with van der Waals surface area (Å²) in [4.78, 5) is 22.4. The number of hydrogen-bond donors (Lipinski definition) is 3. The summed E-state index contributed by atoms with van der Waals surface area (Å²) in [6, 6.07) is -0.444. The summed E-state index contributed by atoms with van der Waals surface area (Å²) in [5.74, 6) is -0.495. The smallest absolute Gasteiger partial charge is 0.320 e. The van der Waals surface area contributed by atoms with Crippen LogP contribution in [0.3, 0.4) is 0 Å². The second kappa shape index (κ2) is 4.82. The lowest BCUT2D eigenvalue weighted by Crippen LogP contribution is -2.45. The quantitative estimate of drug-likeness (QED) is 0.635. The largest absolute Gasteiger partial charge is 0.480 e. The van der Waals surface area contributed by atoms with Gasteiger partial charge in [-0.1, -0.05) is 0 Å². The number of rotatable bonds is 4. The van der Waals surface area contributed by atoms with E-state index in [-0.39, 0.29) is 17.9 Å². The van der Waals surface area contributed by atoms with E-state index < -0.39 is 12.0 Å². The number of carboxylic acid groups (broad SMARTS) is 1. The van der Waals surface area contributed by atoms with E-state index >= 15 is 0 Å². The molecule has 0 spiro atoms. The predicted molar refractivity (Wildman–Crippen MR) is 57.9 cm³/mol. The molecule has 1 saturated heterocycles. The van der Waals surface area contributed by atoms with Crippen molar-refractivity contribution in [3.8, 4) is 0 Å². The fraction of sp³-hybridized carbons (Fsp3) is 0.818. The van der Waals surface area contributed by atoms with Crippen molar-refractivity contribution in [1.29, 1.82) is 0 Å². The zero-order valence-electron chi connectivity index (χ0n) is 9.24. The number of hydrogen-bond acceptors (Lipinski definition) is 3. The van der Waals surface area contributed by atoms with Crippen molar-refractivity contribution in [2.45, 2.75) is 44.2 Å². The maximum Gasteiger partial charge on any atom is 0.320 e. The Morgan fingerprint density at radius 2 is 2.19 bits per heavy atom. The number of aliphatic carboxylic acids is 1. The second-order valence-corrected chi connectivity index (χ2v) is 4.71. The van der Waals surface area contributed by atoms with Gasteiger partial charge in [0.15, 0.2) is 0 Å². The second-order valence-electron chi connectivity index (χ2n) is 4.71. The van der Waals surface area contributed by atoms with Gasteiger partial charge in [-0.3, -0.25) is 9.59 Å². The Labute approximate surface area is 94.6 Å². The summed E-state index contributed by atoms with van der Waals surface area (Å²) in [6.45, 7) is 0.707. The van der Waals surface area contributed by atoms with Gasteiger partial charge < -0.3 is 15.7 Å². The molecule has 2 atom stereocenters. The Balaban J connectivity index is 1.90. The van der Waals surface area contributed by atoms with E-state index in [1.807, 2.05) is 0 Å². The summed E-state index contributed by atoms with van der Waals surface area (Å²) >= 11 is 0. The number of carbonyl (C=O) groups excluding carboxylic acids is 1. The molecule has 0 bridgehead atoms. The van der Waals surface area contributed by atoms with Crippen LogP contribution in [-0.4, -0.2) is 35.6 Å². The predicted octanol–water partition coefficient (Wildman–Crippen LogP) is 0.108. The molecule has 0 radical (unpaired) electrons. The molecule has 0 aromatic carbocycles. The highest BCUT2D eigenvalue weighted by Gasteiger charge is 2.37. The highest BCUT2D eigenvalue weighted by atomic mass is 16.4. The summed E-state index contributed by atoms with van der Waals surface area (Å²) in [6.07, 6.45) is 4.16. The van der Waals surface area contributed by atoms with Crippen LogP contribution >= 0.6 is 0 Å². The standard InChI is InChI=1S/C11H18N2O3/c14-9-6-8(2-1-5-12-9)13-10(11(15)16)7-3-4-7/h7-8,10,13H,1-6H2,(H,12,14)(H,15,16). The van der Waals surface area contributed by atoms with E-state index in [1.165, 1.54) is 0 Å². The van der Waals surface area contributed by atoms with Gasteiger partial charge in [0.2, 0.25) is 5.91 Å². The molecule has 2 unspecified atom stereocenters. The molecule has 2 fully saturated rings. The van der Waals surface area contributed by atoms with Crippen molar-refractivity contribution >= 4 is 11.9 Å². The van der Waals surface area contributed by atoms with Crippen LogP contribution in [0.1, 0.15) is 32.1 Å².